The molecular formula is C11H13I. The van der Waals surface area contributed by atoms with Crippen LogP contribution in [0.5, 0.6) is 0 Å². The SMILES string of the molecule is C=CCc1ccc(CCI)cc1. The normalized spacial score (nSPS) is 9.75. The molecule has 0 saturated carbocycles. The summed E-state index contributed by atoms with van der Waals surface area (Å²) in [7, 11) is 0. The van der Waals surface area contributed by atoms with Crippen molar-refractivity contribution in [3.63, 3.8) is 0 Å². The van der Waals surface area contributed by atoms with E-state index in [1.165, 1.54) is 22.0 Å². The second-order valence-electron chi connectivity index (χ2n) is 2.75. The Kier molecular flexibility index (Phi) is 4.36. The van der Waals surface area contributed by atoms with Crippen molar-refractivity contribution in [1.82, 2.24) is 0 Å². The van der Waals surface area contributed by atoms with Crippen molar-refractivity contribution in [3.05, 3.63) is 48.0 Å². The standard InChI is InChI=1S/C11H13I/c1-2-3-10-4-6-11(7-5-10)8-9-12/h2,4-7H,1,3,8-9H2. The van der Waals surface area contributed by atoms with Crippen LogP contribution in [0.1, 0.15) is 11.1 Å². The Morgan fingerprint density at radius 3 is 2.25 bits per heavy atom. The van der Waals surface area contributed by atoms with E-state index in [1.54, 1.807) is 0 Å². The topological polar surface area (TPSA) is 0 Å². The Hall–Kier alpha value is -0.310. The average molecular weight is 272 g/mol. The summed E-state index contributed by atoms with van der Waals surface area (Å²) in [4.78, 5) is 0. The molecule has 0 heterocycles. The molecule has 0 amide bonds. The van der Waals surface area contributed by atoms with Crippen LogP contribution in [0.2, 0.25) is 0 Å². The molecule has 0 aliphatic rings. The average Bonchev–Trinajstić information content (AvgIpc) is 2.09. The molecule has 0 aromatic heterocycles. The molecule has 12 heavy (non-hydrogen) atoms. The van der Waals surface area contributed by atoms with E-state index in [0.29, 0.717) is 0 Å². The number of hydrogen-bond donors (Lipinski definition) is 0. The fourth-order valence-corrected chi connectivity index (χ4v) is 1.74. The molecule has 1 heteroatoms. The fraction of sp³-hybridized carbons (Fsp3) is 0.273. The van der Waals surface area contributed by atoms with Gasteiger partial charge in [0.15, 0.2) is 0 Å². The molecule has 0 aliphatic carbocycles. The van der Waals surface area contributed by atoms with Gasteiger partial charge >= 0.3 is 0 Å². The number of rotatable bonds is 4. The van der Waals surface area contributed by atoms with Gasteiger partial charge in [-0.3, -0.25) is 0 Å². The number of aryl methyl sites for hydroxylation is 1. The zero-order valence-electron chi connectivity index (χ0n) is 7.09. The van der Waals surface area contributed by atoms with Crippen molar-refractivity contribution in [3.8, 4) is 0 Å². The highest BCUT2D eigenvalue weighted by atomic mass is 127. The third-order valence-corrected chi connectivity index (χ3v) is 2.33. The maximum absolute atomic E-state index is 3.71. The molecule has 1 rings (SSSR count). The first-order chi connectivity index (χ1) is 5.86. The molecule has 0 fully saturated rings. The highest BCUT2D eigenvalue weighted by molar-refractivity contribution is 14.1. The van der Waals surface area contributed by atoms with Crippen LogP contribution in [-0.2, 0) is 12.8 Å². The lowest BCUT2D eigenvalue weighted by atomic mass is 10.1. The third kappa shape index (κ3) is 2.97. The molecule has 0 bridgehead atoms. The van der Waals surface area contributed by atoms with E-state index in [1.807, 2.05) is 6.08 Å². The summed E-state index contributed by atoms with van der Waals surface area (Å²) in [5.74, 6) is 0. The van der Waals surface area contributed by atoms with Crippen molar-refractivity contribution in [2.75, 3.05) is 4.43 Å². The third-order valence-electron chi connectivity index (χ3n) is 1.79. The molecule has 0 nitrogen and oxygen atoms in total. The van der Waals surface area contributed by atoms with Gasteiger partial charge in [-0.25, -0.2) is 0 Å². The lowest BCUT2D eigenvalue weighted by Gasteiger charge is -1.99. The minimum Gasteiger partial charge on any atom is -0.103 e. The molecule has 0 N–H and O–H groups in total. The van der Waals surface area contributed by atoms with Crippen molar-refractivity contribution < 1.29 is 0 Å². The Morgan fingerprint density at radius 1 is 1.17 bits per heavy atom. The smallest absolute Gasteiger partial charge is 0.00358 e. The lowest BCUT2D eigenvalue weighted by Crippen LogP contribution is -1.86. The lowest BCUT2D eigenvalue weighted by molar-refractivity contribution is 1.16. The molecule has 0 saturated heterocycles. The van der Waals surface area contributed by atoms with E-state index in [2.05, 4.69) is 53.4 Å². The second kappa shape index (κ2) is 5.36. The maximum Gasteiger partial charge on any atom is 0.00358 e. The van der Waals surface area contributed by atoms with Gasteiger partial charge in [0.1, 0.15) is 0 Å². The van der Waals surface area contributed by atoms with Crippen LogP contribution in [0.15, 0.2) is 36.9 Å². The molecule has 0 spiro atoms. The van der Waals surface area contributed by atoms with Crippen LogP contribution in [0, 0.1) is 0 Å². The second-order valence-corrected chi connectivity index (χ2v) is 3.83. The van der Waals surface area contributed by atoms with Crippen molar-refractivity contribution in [2.45, 2.75) is 12.8 Å². The van der Waals surface area contributed by atoms with E-state index in [-0.39, 0.29) is 0 Å². The Morgan fingerprint density at radius 2 is 1.75 bits per heavy atom. The molecule has 0 unspecified atom stereocenters. The maximum atomic E-state index is 3.71. The summed E-state index contributed by atoms with van der Waals surface area (Å²) < 4.78 is 1.19. The summed E-state index contributed by atoms with van der Waals surface area (Å²) in [6.45, 7) is 3.71. The van der Waals surface area contributed by atoms with E-state index < -0.39 is 0 Å². The van der Waals surface area contributed by atoms with Crippen LogP contribution in [0.25, 0.3) is 0 Å². The van der Waals surface area contributed by atoms with E-state index in [9.17, 15) is 0 Å². The van der Waals surface area contributed by atoms with Gasteiger partial charge in [0.2, 0.25) is 0 Å². The first-order valence-corrected chi connectivity index (χ1v) is 5.64. The van der Waals surface area contributed by atoms with Gasteiger partial charge in [0, 0.05) is 4.43 Å². The van der Waals surface area contributed by atoms with Crippen LogP contribution < -0.4 is 0 Å². The molecule has 64 valence electrons. The van der Waals surface area contributed by atoms with Gasteiger partial charge in [-0.1, -0.05) is 52.9 Å². The number of halogens is 1. The fourth-order valence-electron chi connectivity index (χ4n) is 1.12. The summed E-state index contributed by atoms with van der Waals surface area (Å²) in [5, 5.41) is 0. The minimum absolute atomic E-state index is 0.977. The number of benzene rings is 1. The Labute approximate surface area is 87.8 Å². The van der Waals surface area contributed by atoms with Crippen molar-refractivity contribution in [2.24, 2.45) is 0 Å². The summed E-state index contributed by atoms with van der Waals surface area (Å²) in [6.07, 6.45) is 4.09. The highest BCUT2D eigenvalue weighted by Crippen LogP contribution is 2.07. The largest absolute Gasteiger partial charge is 0.103 e. The predicted molar refractivity (Wildman–Crippen MR) is 62.9 cm³/mol. The Balaban J connectivity index is 2.64. The van der Waals surface area contributed by atoms with Gasteiger partial charge in [-0.05, 0) is 24.0 Å². The van der Waals surface area contributed by atoms with Gasteiger partial charge in [0.05, 0.1) is 0 Å². The summed E-state index contributed by atoms with van der Waals surface area (Å²) >= 11 is 2.40. The molecule has 0 radical (unpaired) electrons. The van der Waals surface area contributed by atoms with Crippen LogP contribution in [0.3, 0.4) is 0 Å². The van der Waals surface area contributed by atoms with E-state index in [0.717, 1.165) is 6.42 Å². The van der Waals surface area contributed by atoms with Crippen LogP contribution >= 0.6 is 22.6 Å². The van der Waals surface area contributed by atoms with Crippen LogP contribution in [0.4, 0.5) is 0 Å². The molecule has 0 aliphatic heterocycles. The first-order valence-electron chi connectivity index (χ1n) is 4.11. The van der Waals surface area contributed by atoms with E-state index in [4.69, 9.17) is 0 Å². The quantitative estimate of drug-likeness (QED) is 0.447. The van der Waals surface area contributed by atoms with E-state index >= 15 is 0 Å². The zero-order valence-corrected chi connectivity index (χ0v) is 9.25. The number of allylic oxidation sites excluding steroid dienone is 1. The van der Waals surface area contributed by atoms with Gasteiger partial charge in [-0.2, -0.15) is 0 Å². The predicted octanol–water partition coefficient (Wildman–Crippen LogP) is 3.39. The monoisotopic (exact) mass is 272 g/mol. The van der Waals surface area contributed by atoms with Crippen molar-refractivity contribution >= 4 is 22.6 Å². The van der Waals surface area contributed by atoms with Gasteiger partial charge in [0.25, 0.3) is 0 Å². The highest BCUT2D eigenvalue weighted by Gasteiger charge is 1.91. The summed E-state index contributed by atoms with van der Waals surface area (Å²) in [6, 6.07) is 8.78. The first kappa shape index (κ1) is 9.78. The molecular weight excluding hydrogens is 259 g/mol. The zero-order chi connectivity index (χ0) is 8.81. The molecule has 0 atom stereocenters. The Bertz CT molecular complexity index is 236. The number of hydrogen-bond acceptors (Lipinski definition) is 0. The number of alkyl halides is 1. The molecule has 1 aromatic carbocycles. The van der Waals surface area contributed by atoms with Crippen molar-refractivity contribution in [1.29, 1.82) is 0 Å². The molecule has 1 aromatic rings. The van der Waals surface area contributed by atoms with Crippen LogP contribution in [-0.4, -0.2) is 4.43 Å². The summed E-state index contributed by atoms with van der Waals surface area (Å²) in [5.41, 5.74) is 2.78. The minimum atomic E-state index is 0.977. The van der Waals surface area contributed by atoms with Gasteiger partial charge < -0.3 is 0 Å². The van der Waals surface area contributed by atoms with Gasteiger partial charge in [-0.15, -0.1) is 6.58 Å².